The summed E-state index contributed by atoms with van der Waals surface area (Å²) in [6.45, 7) is 4.05. The van der Waals surface area contributed by atoms with Gasteiger partial charge in [0.25, 0.3) is 5.90 Å². The number of para-hydroxylation sites is 1. The molecule has 5 heteroatoms. The lowest BCUT2D eigenvalue weighted by molar-refractivity contribution is 0.104. The third-order valence-electron chi connectivity index (χ3n) is 3.84. The molecule has 0 spiro atoms. The number of hydrogen-bond donors (Lipinski definition) is 0. The van der Waals surface area contributed by atoms with Gasteiger partial charge >= 0.3 is 0 Å². The van der Waals surface area contributed by atoms with Crippen LogP contribution in [0.4, 0.5) is 0 Å². The zero-order valence-electron chi connectivity index (χ0n) is 13.9. The van der Waals surface area contributed by atoms with Crippen molar-refractivity contribution in [2.45, 2.75) is 6.10 Å². The maximum atomic E-state index is 5.80. The number of ether oxygens (including phenoxy) is 2. The Morgan fingerprint density at radius 2 is 1.54 bits per heavy atom. The van der Waals surface area contributed by atoms with Gasteiger partial charge in [0.05, 0.1) is 11.8 Å². The van der Waals surface area contributed by atoms with Crippen molar-refractivity contribution in [1.82, 2.24) is 4.98 Å². The lowest BCUT2D eigenvalue weighted by Crippen LogP contribution is -2.10. The molecule has 3 aromatic rings. The van der Waals surface area contributed by atoms with Gasteiger partial charge < -0.3 is 14.3 Å². The van der Waals surface area contributed by atoms with Gasteiger partial charge in [-0.15, -0.1) is 0 Å². The summed E-state index contributed by atoms with van der Waals surface area (Å²) < 4.78 is 11.5. The summed E-state index contributed by atoms with van der Waals surface area (Å²) in [6.07, 6.45) is 2.91. The van der Waals surface area contributed by atoms with Gasteiger partial charge in [-0.2, -0.15) is 0 Å². The minimum atomic E-state index is -0.382. The number of rotatable bonds is 4. The lowest BCUT2D eigenvalue weighted by Gasteiger charge is -2.12. The van der Waals surface area contributed by atoms with Crippen LogP contribution in [0.15, 0.2) is 96.4 Å². The largest absolute Gasteiger partial charge is 0.457 e. The molecule has 1 aliphatic rings. The summed E-state index contributed by atoms with van der Waals surface area (Å²) in [5.74, 6) is 2.48. The van der Waals surface area contributed by atoms with Crippen molar-refractivity contribution >= 4 is 5.90 Å². The molecule has 1 aliphatic heterocycles. The third-order valence-corrected chi connectivity index (χ3v) is 3.84. The first-order chi connectivity index (χ1) is 12.8. The van der Waals surface area contributed by atoms with Crippen LogP contribution in [0.1, 0.15) is 11.7 Å². The molecule has 5 nitrogen and oxygen atoms in total. The number of oxime groups is 1. The van der Waals surface area contributed by atoms with Crippen molar-refractivity contribution in [2.75, 3.05) is 0 Å². The van der Waals surface area contributed by atoms with E-state index in [0.717, 1.165) is 17.1 Å². The first-order valence-electron chi connectivity index (χ1n) is 8.13. The Labute approximate surface area is 151 Å². The van der Waals surface area contributed by atoms with Crippen molar-refractivity contribution in [3.8, 4) is 17.2 Å². The van der Waals surface area contributed by atoms with Crippen LogP contribution in [0.2, 0.25) is 0 Å². The fourth-order valence-corrected chi connectivity index (χ4v) is 2.54. The van der Waals surface area contributed by atoms with Crippen LogP contribution in [0.5, 0.6) is 17.2 Å². The number of benzene rings is 2. The molecule has 26 heavy (non-hydrogen) atoms. The Kier molecular flexibility index (Phi) is 4.35. The number of pyridine rings is 1. The van der Waals surface area contributed by atoms with Gasteiger partial charge in [0, 0.05) is 11.8 Å². The van der Waals surface area contributed by atoms with E-state index in [-0.39, 0.29) is 6.10 Å². The Hall–Kier alpha value is -3.60. The van der Waals surface area contributed by atoms with Crippen LogP contribution in [0.25, 0.3) is 0 Å². The molecule has 0 aliphatic carbocycles. The van der Waals surface area contributed by atoms with Crippen LogP contribution >= 0.6 is 0 Å². The molecule has 0 radical (unpaired) electrons. The highest BCUT2D eigenvalue weighted by Crippen LogP contribution is 2.33. The molecule has 0 amide bonds. The summed E-state index contributed by atoms with van der Waals surface area (Å²) >= 11 is 0. The highest BCUT2D eigenvalue weighted by atomic mass is 16.7. The van der Waals surface area contributed by atoms with Gasteiger partial charge in [0.1, 0.15) is 17.2 Å². The fraction of sp³-hybridized carbons (Fsp3) is 0.0476. The van der Waals surface area contributed by atoms with Crippen molar-refractivity contribution in [3.05, 3.63) is 96.8 Å². The molecule has 0 saturated carbocycles. The van der Waals surface area contributed by atoms with E-state index in [2.05, 4.69) is 16.7 Å². The molecule has 0 saturated heterocycles. The molecular weight excluding hydrogens is 328 g/mol. The van der Waals surface area contributed by atoms with E-state index in [1.165, 1.54) is 0 Å². The summed E-state index contributed by atoms with van der Waals surface area (Å²) in [7, 11) is 0. The molecule has 4 rings (SSSR count). The second kappa shape index (κ2) is 7.11. The fourth-order valence-electron chi connectivity index (χ4n) is 2.54. The van der Waals surface area contributed by atoms with E-state index in [1.807, 2.05) is 54.6 Å². The standard InChI is InChI=1S/C21H16N2O3/c1-15-20(26-23-21(15)25-19-8-5-13-22-14-19)16-9-11-18(12-10-16)24-17-6-3-2-4-7-17/h2-14,20H,1H2/t20-/m0/s1. The topological polar surface area (TPSA) is 52.9 Å². The molecular formula is C21H16N2O3. The lowest BCUT2D eigenvalue weighted by atomic mass is 10.0. The predicted molar refractivity (Wildman–Crippen MR) is 98.2 cm³/mol. The molecule has 0 N–H and O–H groups in total. The van der Waals surface area contributed by atoms with Gasteiger partial charge in [-0.3, -0.25) is 4.98 Å². The van der Waals surface area contributed by atoms with E-state index in [1.54, 1.807) is 24.5 Å². The van der Waals surface area contributed by atoms with Gasteiger partial charge in [-0.05, 0) is 41.6 Å². The molecule has 1 atom stereocenters. The molecule has 1 aromatic heterocycles. The van der Waals surface area contributed by atoms with Crippen LogP contribution < -0.4 is 9.47 Å². The monoisotopic (exact) mass is 344 g/mol. The molecule has 0 bridgehead atoms. The number of aromatic nitrogens is 1. The maximum absolute atomic E-state index is 5.80. The highest BCUT2D eigenvalue weighted by Gasteiger charge is 2.29. The highest BCUT2D eigenvalue weighted by molar-refractivity contribution is 5.96. The molecule has 0 unspecified atom stereocenters. The minimum Gasteiger partial charge on any atom is -0.457 e. The second-order valence-corrected chi connectivity index (χ2v) is 5.68. The summed E-state index contributed by atoms with van der Waals surface area (Å²) in [5, 5.41) is 4.00. The Bertz CT molecular complexity index is 922. The van der Waals surface area contributed by atoms with Gasteiger partial charge in [-0.1, -0.05) is 36.9 Å². The van der Waals surface area contributed by atoms with Crippen molar-refractivity contribution in [2.24, 2.45) is 5.16 Å². The predicted octanol–water partition coefficient (Wildman–Crippen LogP) is 4.89. The molecule has 2 heterocycles. The van der Waals surface area contributed by atoms with Gasteiger partial charge in [-0.25, -0.2) is 0 Å². The average molecular weight is 344 g/mol. The number of hydrogen-bond acceptors (Lipinski definition) is 5. The Morgan fingerprint density at radius 3 is 2.27 bits per heavy atom. The van der Waals surface area contributed by atoms with E-state index >= 15 is 0 Å². The van der Waals surface area contributed by atoms with Gasteiger partial charge in [0.15, 0.2) is 6.10 Å². The zero-order valence-corrected chi connectivity index (χ0v) is 13.9. The molecule has 0 fully saturated rings. The normalized spacial score (nSPS) is 15.9. The van der Waals surface area contributed by atoms with Crippen LogP contribution in [-0.2, 0) is 4.84 Å². The first kappa shape index (κ1) is 15.9. The van der Waals surface area contributed by atoms with E-state index in [0.29, 0.717) is 17.2 Å². The molecule has 2 aromatic carbocycles. The van der Waals surface area contributed by atoms with Crippen molar-refractivity contribution < 1.29 is 14.3 Å². The maximum Gasteiger partial charge on any atom is 0.262 e. The van der Waals surface area contributed by atoms with Crippen LogP contribution in [0, 0.1) is 0 Å². The second-order valence-electron chi connectivity index (χ2n) is 5.68. The number of nitrogens with zero attached hydrogens (tertiary/aromatic N) is 2. The molecule has 128 valence electrons. The third kappa shape index (κ3) is 3.42. The van der Waals surface area contributed by atoms with E-state index in [9.17, 15) is 0 Å². The summed E-state index contributed by atoms with van der Waals surface area (Å²) in [6, 6.07) is 20.8. The van der Waals surface area contributed by atoms with Crippen molar-refractivity contribution in [3.63, 3.8) is 0 Å². The average Bonchev–Trinajstić information content (AvgIpc) is 3.05. The van der Waals surface area contributed by atoms with Crippen molar-refractivity contribution in [1.29, 1.82) is 0 Å². The van der Waals surface area contributed by atoms with Crippen LogP contribution in [-0.4, -0.2) is 10.9 Å². The first-order valence-corrected chi connectivity index (χ1v) is 8.13. The summed E-state index contributed by atoms with van der Waals surface area (Å²) in [5.41, 5.74) is 1.58. The Morgan fingerprint density at radius 1 is 0.808 bits per heavy atom. The summed E-state index contributed by atoms with van der Waals surface area (Å²) in [4.78, 5) is 9.51. The van der Waals surface area contributed by atoms with Crippen LogP contribution in [0.3, 0.4) is 0 Å². The quantitative estimate of drug-likeness (QED) is 0.676. The SMILES string of the molecule is C=C1C(Oc2cccnc2)=NO[C@@H]1c1ccc(Oc2ccccc2)cc1. The van der Waals surface area contributed by atoms with Gasteiger partial charge in [0.2, 0.25) is 0 Å². The Balaban J connectivity index is 1.43. The minimum absolute atomic E-state index is 0.354. The van der Waals surface area contributed by atoms with E-state index < -0.39 is 0 Å². The zero-order chi connectivity index (χ0) is 17.8. The van der Waals surface area contributed by atoms with E-state index in [4.69, 9.17) is 14.3 Å². The smallest absolute Gasteiger partial charge is 0.262 e.